The fraction of sp³-hybridized carbons (Fsp3) is 0.250. The number of carbonyl (C=O) groups excluding carboxylic acids is 1. The molecule has 0 bridgehead atoms. The Balaban J connectivity index is 1.57. The second kappa shape index (κ2) is 9.82. The van der Waals surface area contributed by atoms with E-state index in [2.05, 4.69) is 42.1 Å². The van der Waals surface area contributed by atoms with Gasteiger partial charge >= 0.3 is 0 Å². The van der Waals surface area contributed by atoms with Gasteiger partial charge in [-0.15, -0.1) is 0 Å². The first-order chi connectivity index (χ1) is 15.5. The molecule has 1 N–H and O–H groups in total. The minimum atomic E-state index is -0.229. The highest BCUT2D eigenvalue weighted by molar-refractivity contribution is 5.86. The summed E-state index contributed by atoms with van der Waals surface area (Å²) in [4.78, 5) is 12.8. The Bertz CT molecular complexity index is 1180. The van der Waals surface area contributed by atoms with Crippen LogP contribution in [0.5, 0.6) is 0 Å². The van der Waals surface area contributed by atoms with Crippen molar-refractivity contribution in [1.82, 2.24) is 9.88 Å². The maximum atomic E-state index is 13.3. The fourth-order valence-corrected chi connectivity index (χ4v) is 4.26. The number of rotatable bonds is 8. The Hall–Kier alpha value is -3.40. The molecule has 0 fully saturated rings. The lowest BCUT2D eigenvalue weighted by molar-refractivity contribution is -0.121. The zero-order valence-corrected chi connectivity index (χ0v) is 18.6. The lowest BCUT2D eigenvalue weighted by atomic mass is 9.85. The van der Waals surface area contributed by atoms with Gasteiger partial charge in [0.05, 0.1) is 0 Å². The van der Waals surface area contributed by atoms with E-state index >= 15 is 0 Å². The Morgan fingerprint density at radius 1 is 0.906 bits per heavy atom. The van der Waals surface area contributed by atoms with E-state index < -0.39 is 0 Å². The largest absolute Gasteiger partial charge is 0.352 e. The smallest absolute Gasteiger partial charge is 0.220 e. The van der Waals surface area contributed by atoms with E-state index in [-0.39, 0.29) is 17.6 Å². The van der Waals surface area contributed by atoms with E-state index in [9.17, 15) is 9.18 Å². The number of aromatic nitrogens is 1. The van der Waals surface area contributed by atoms with Crippen LogP contribution in [-0.2, 0) is 17.9 Å². The number of hydrogen-bond donors (Lipinski definition) is 1. The summed E-state index contributed by atoms with van der Waals surface area (Å²) in [7, 11) is 0. The quantitative estimate of drug-likeness (QED) is 0.352. The first-order valence-electron chi connectivity index (χ1n) is 11.1. The van der Waals surface area contributed by atoms with Crippen LogP contribution in [-0.4, -0.2) is 10.5 Å². The summed E-state index contributed by atoms with van der Waals surface area (Å²) in [5, 5.41) is 4.24. The molecule has 164 valence electrons. The van der Waals surface area contributed by atoms with E-state index in [0.717, 1.165) is 16.6 Å². The third-order valence-electron chi connectivity index (χ3n) is 6.03. The molecule has 0 spiro atoms. The van der Waals surface area contributed by atoms with Crippen LogP contribution in [0.2, 0.25) is 0 Å². The van der Waals surface area contributed by atoms with Gasteiger partial charge in [-0.3, -0.25) is 4.79 Å². The van der Waals surface area contributed by atoms with Crippen molar-refractivity contribution in [1.29, 1.82) is 0 Å². The van der Waals surface area contributed by atoms with Crippen molar-refractivity contribution >= 4 is 16.8 Å². The first-order valence-corrected chi connectivity index (χ1v) is 11.1. The van der Waals surface area contributed by atoms with E-state index in [1.54, 1.807) is 0 Å². The molecule has 1 aromatic heterocycles. The lowest BCUT2D eigenvalue weighted by Gasteiger charge is -2.20. The van der Waals surface area contributed by atoms with Gasteiger partial charge in [-0.1, -0.05) is 74.5 Å². The topological polar surface area (TPSA) is 34.0 Å². The summed E-state index contributed by atoms with van der Waals surface area (Å²) in [5.74, 6) is 0.240. The van der Waals surface area contributed by atoms with Crippen molar-refractivity contribution in [3.63, 3.8) is 0 Å². The maximum Gasteiger partial charge on any atom is 0.220 e. The summed E-state index contributed by atoms with van der Waals surface area (Å²) in [6, 6.07) is 24.9. The molecule has 0 radical (unpaired) electrons. The van der Waals surface area contributed by atoms with Crippen molar-refractivity contribution < 1.29 is 9.18 Å². The molecule has 4 heteroatoms. The molecule has 1 atom stereocenters. The average molecular weight is 429 g/mol. The number of amides is 1. The van der Waals surface area contributed by atoms with E-state index in [4.69, 9.17) is 0 Å². The van der Waals surface area contributed by atoms with Crippen molar-refractivity contribution in [3.05, 3.63) is 108 Å². The SMILES string of the molecule is CC(C)[C@H](CC(=O)NCc1ccccc1)c1cn(Cc2ccc(F)cc2)c2ccccc12. The van der Waals surface area contributed by atoms with Crippen LogP contribution >= 0.6 is 0 Å². The van der Waals surface area contributed by atoms with Gasteiger partial charge in [0.25, 0.3) is 0 Å². The zero-order valence-electron chi connectivity index (χ0n) is 18.6. The molecule has 0 aliphatic carbocycles. The monoisotopic (exact) mass is 428 g/mol. The van der Waals surface area contributed by atoms with Crippen molar-refractivity contribution in [3.8, 4) is 0 Å². The third-order valence-corrected chi connectivity index (χ3v) is 6.03. The molecule has 0 saturated heterocycles. The number of nitrogens with zero attached hydrogens (tertiary/aromatic N) is 1. The molecule has 4 aromatic rings. The van der Waals surface area contributed by atoms with Gasteiger partial charge in [0.15, 0.2) is 0 Å². The van der Waals surface area contributed by atoms with Gasteiger partial charge < -0.3 is 9.88 Å². The second-order valence-electron chi connectivity index (χ2n) is 8.67. The number of halogens is 1. The molecule has 1 amide bonds. The van der Waals surface area contributed by atoms with Crippen LogP contribution < -0.4 is 5.32 Å². The standard InChI is InChI=1S/C28H29FN2O/c1-20(2)25(16-28(32)30-17-21-8-4-3-5-9-21)26-19-31(27-11-7-6-10-24(26)27)18-22-12-14-23(29)15-13-22/h3-15,19-20,25H,16-18H2,1-2H3,(H,30,32)/t25-/m0/s1. The number of para-hydroxylation sites is 1. The Morgan fingerprint density at radius 2 is 1.59 bits per heavy atom. The normalized spacial score (nSPS) is 12.2. The van der Waals surface area contributed by atoms with Gasteiger partial charge in [0, 0.05) is 36.6 Å². The van der Waals surface area contributed by atoms with Crippen LogP contribution in [0.25, 0.3) is 10.9 Å². The molecule has 1 heterocycles. The van der Waals surface area contributed by atoms with Gasteiger partial charge in [0.1, 0.15) is 5.82 Å². The van der Waals surface area contributed by atoms with Crippen molar-refractivity contribution in [2.45, 2.75) is 39.3 Å². The van der Waals surface area contributed by atoms with Gasteiger partial charge in [-0.25, -0.2) is 4.39 Å². The highest BCUT2D eigenvalue weighted by Crippen LogP contribution is 2.35. The number of carbonyl (C=O) groups is 1. The summed E-state index contributed by atoms with van der Waals surface area (Å²) in [6.45, 7) is 5.53. The predicted molar refractivity (Wildman–Crippen MR) is 128 cm³/mol. The van der Waals surface area contributed by atoms with Crippen LogP contribution in [0, 0.1) is 11.7 Å². The van der Waals surface area contributed by atoms with Gasteiger partial charge in [0.2, 0.25) is 5.91 Å². The first kappa shape index (κ1) is 21.8. The van der Waals surface area contributed by atoms with Crippen LogP contribution in [0.1, 0.15) is 42.9 Å². The molecule has 32 heavy (non-hydrogen) atoms. The predicted octanol–water partition coefficient (Wildman–Crippen LogP) is 6.27. The van der Waals surface area contributed by atoms with E-state index in [0.29, 0.717) is 25.4 Å². The minimum absolute atomic E-state index is 0.0583. The zero-order chi connectivity index (χ0) is 22.5. The highest BCUT2D eigenvalue weighted by atomic mass is 19.1. The second-order valence-corrected chi connectivity index (χ2v) is 8.67. The van der Waals surface area contributed by atoms with Crippen molar-refractivity contribution in [2.24, 2.45) is 5.92 Å². The van der Waals surface area contributed by atoms with Crippen LogP contribution in [0.15, 0.2) is 85.1 Å². The summed E-state index contributed by atoms with van der Waals surface area (Å²) >= 11 is 0. The molecule has 0 unspecified atom stereocenters. The Labute approximate surface area is 188 Å². The van der Waals surface area contributed by atoms with Crippen molar-refractivity contribution in [2.75, 3.05) is 0 Å². The Kier molecular flexibility index (Phi) is 6.69. The minimum Gasteiger partial charge on any atom is -0.352 e. The summed E-state index contributed by atoms with van der Waals surface area (Å²) < 4.78 is 15.5. The summed E-state index contributed by atoms with van der Waals surface area (Å²) in [6.07, 6.45) is 2.61. The number of benzene rings is 3. The van der Waals surface area contributed by atoms with E-state index in [1.807, 2.05) is 54.6 Å². The highest BCUT2D eigenvalue weighted by Gasteiger charge is 2.23. The van der Waals surface area contributed by atoms with E-state index in [1.165, 1.54) is 23.1 Å². The molecular weight excluding hydrogens is 399 g/mol. The lowest BCUT2D eigenvalue weighted by Crippen LogP contribution is -2.26. The molecule has 0 saturated carbocycles. The number of fused-ring (bicyclic) bond motifs is 1. The Morgan fingerprint density at radius 3 is 2.31 bits per heavy atom. The summed E-state index contributed by atoms with van der Waals surface area (Å²) in [5.41, 5.74) is 4.45. The maximum absolute atomic E-state index is 13.3. The average Bonchev–Trinajstić information content (AvgIpc) is 3.16. The molecule has 3 nitrogen and oxygen atoms in total. The molecule has 3 aromatic carbocycles. The van der Waals surface area contributed by atoms with Gasteiger partial charge in [-0.2, -0.15) is 0 Å². The molecular formula is C28H29FN2O. The van der Waals surface area contributed by atoms with Gasteiger partial charge in [-0.05, 0) is 46.7 Å². The molecule has 0 aliphatic heterocycles. The van der Waals surface area contributed by atoms with Crippen LogP contribution in [0.4, 0.5) is 4.39 Å². The molecule has 0 aliphatic rings. The number of hydrogen-bond acceptors (Lipinski definition) is 1. The molecule has 4 rings (SSSR count). The van der Waals surface area contributed by atoms with Crippen LogP contribution in [0.3, 0.4) is 0 Å². The fourth-order valence-electron chi connectivity index (χ4n) is 4.26. The third kappa shape index (κ3) is 5.08. The number of nitrogens with one attached hydrogen (secondary N) is 1.